The van der Waals surface area contributed by atoms with Crippen molar-refractivity contribution in [3.8, 4) is 5.75 Å². The first-order chi connectivity index (χ1) is 17.4. The van der Waals surface area contributed by atoms with Crippen LogP contribution >= 0.6 is 15.9 Å². The van der Waals surface area contributed by atoms with Gasteiger partial charge in [0.05, 0.1) is 6.61 Å². The predicted molar refractivity (Wildman–Crippen MR) is 154 cm³/mol. The van der Waals surface area contributed by atoms with Gasteiger partial charge in [-0.15, -0.1) is 0 Å². The molecule has 1 aliphatic heterocycles. The van der Waals surface area contributed by atoms with Crippen LogP contribution in [-0.2, 0) is 9.59 Å². The second-order valence-corrected chi connectivity index (χ2v) is 13.8. The molecular weight excluding hydrogens is 526 g/mol. The van der Waals surface area contributed by atoms with E-state index in [-0.39, 0.29) is 28.3 Å². The topological polar surface area (TPSA) is 46.6 Å². The number of ketones is 2. The first kappa shape index (κ1) is 28.1. The lowest BCUT2D eigenvalue weighted by molar-refractivity contribution is -0.119. The predicted octanol–water partition coefficient (Wildman–Crippen LogP) is 8.50. The molecule has 2 aliphatic carbocycles. The summed E-state index contributed by atoms with van der Waals surface area (Å²) in [5.74, 6) is 0.744. The molecule has 5 heteroatoms. The van der Waals surface area contributed by atoms with E-state index in [1.807, 2.05) is 12.1 Å². The van der Waals surface area contributed by atoms with E-state index in [0.717, 1.165) is 64.0 Å². The molecule has 0 saturated heterocycles. The van der Waals surface area contributed by atoms with Crippen molar-refractivity contribution in [3.63, 3.8) is 0 Å². The second-order valence-electron chi connectivity index (χ2n) is 12.9. The Morgan fingerprint density at radius 3 is 1.97 bits per heavy atom. The third kappa shape index (κ3) is 6.08. The number of ether oxygens (including phenoxy) is 1. The summed E-state index contributed by atoms with van der Waals surface area (Å²) < 4.78 is 7.32. The average molecular weight is 571 g/mol. The number of rotatable bonds is 9. The first-order valence-electron chi connectivity index (χ1n) is 14.1. The van der Waals surface area contributed by atoms with Crippen molar-refractivity contribution in [3.05, 3.63) is 50.8 Å². The molecule has 1 heterocycles. The molecule has 0 bridgehead atoms. The Bertz CT molecular complexity index is 1070. The number of benzene rings is 1. The molecule has 0 saturated carbocycles. The van der Waals surface area contributed by atoms with Gasteiger partial charge >= 0.3 is 0 Å². The number of carbonyl (C=O) groups excluding carboxylic acids is 2. The van der Waals surface area contributed by atoms with Gasteiger partial charge in [-0.2, -0.15) is 0 Å². The minimum absolute atomic E-state index is 0.102. The fourth-order valence-corrected chi connectivity index (χ4v) is 6.80. The van der Waals surface area contributed by atoms with Gasteiger partial charge in [-0.3, -0.25) is 9.59 Å². The summed E-state index contributed by atoms with van der Waals surface area (Å²) in [6, 6.07) is 6.07. The minimum Gasteiger partial charge on any atom is -0.493 e. The Morgan fingerprint density at radius 1 is 0.865 bits per heavy atom. The standard InChI is InChI=1S/C32H44BrNO3/c1-7-8-9-10-11-12-15-37-27-14-13-21(33)16-22(27)28-29-23(17-31(2,3)19-25(29)35)34(6)24-18-32(4,5)20-26(36)30(24)28/h13-14,16,28H,7-12,15,17-20H2,1-6H3. The molecule has 37 heavy (non-hydrogen) atoms. The zero-order valence-electron chi connectivity index (χ0n) is 23.6. The van der Waals surface area contributed by atoms with E-state index in [4.69, 9.17) is 4.74 Å². The molecule has 0 spiro atoms. The molecule has 4 nitrogen and oxygen atoms in total. The van der Waals surface area contributed by atoms with Crippen molar-refractivity contribution in [2.45, 2.75) is 105 Å². The Kier molecular flexibility index (Phi) is 8.43. The van der Waals surface area contributed by atoms with E-state index in [0.29, 0.717) is 19.4 Å². The van der Waals surface area contributed by atoms with E-state index >= 15 is 0 Å². The number of nitrogens with zero attached hydrogens (tertiary/aromatic N) is 1. The molecule has 1 aromatic rings. The second kappa shape index (κ2) is 11.1. The van der Waals surface area contributed by atoms with E-state index < -0.39 is 0 Å². The van der Waals surface area contributed by atoms with Crippen molar-refractivity contribution in [2.75, 3.05) is 13.7 Å². The van der Waals surface area contributed by atoms with E-state index in [9.17, 15) is 9.59 Å². The zero-order chi connectivity index (χ0) is 27.0. The monoisotopic (exact) mass is 569 g/mol. The molecule has 0 amide bonds. The summed E-state index contributed by atoms with van der Waals surface area (Å²) in [6.07, 6.45) is 9.88. The van der Waals surface area contributed by atoms with Crippen molar-refractivity contribution < 1.29 is 14.3 Å². The van der Waals surface area contributed by atoms with Gasteiger partial charge in [0.1, 0.15) is 5.75 Å². The number of halogens is 1. The molecule has 1 aromatic carbocycles. The quantitative estimate of drug-likeness (QED) is 0.279. The molecule has 0 fully saturated rings. The lowest BCUT2D eigenvalue weighted by Crippen LogP contribution is -2.43. The van der Waals surface area contributed by atoms with Gasteiger partial charge in [0.2, 0.25) is 0 Å². The van der Waals surface area contributed by atoms with E-state index in [1.165, 1.54) is 25.7 Å². The van der Waals surface area contributed by atoms with Crippen LogP contribution in [0.3, 0.4) is 0 Å². The van der Waals surface area contributed by atoms with Crippen LogP contribution in [0.5, 0.6) is 5.75 Å². The van der Waals surface area contributed by atoms with Crippen molar-refractivity contribution in [2.24, 2.45) is 10.8 Å². The lowest BCUT2D eigenvalue weighted by Gasteiger charge is -2.48. The number of Topliss-reactive ketones (excluding diaryl/α,β-unsaturated/α-hetero) is 2. The molecule has 4 rings (SSSR count). The summed E-state index contributed by atoms with van der Waals surface area (Å²) in [6.45, 7) is 11.6. The summed E-state index contributed by atoms with van der Waals surface area (Å²) >= 11 is 3.67. The van der Waals surface area contributed by atoms with Crippen molar-refractivity contribution >= 4 is 27.5 Å². The van der Waals surface area contributed by atoms with Gasteiger partial charge < -0.3 is 9.64 Å². The number of hydrogen-bond donors (Lipinski definition) is 0. The SMILES string of the molecule is CCCCCCCCOc1ccc(Br)cc1C1C2=C(CC(C)(C)CC2=O)N(C)C2=C1C(=O)CC(C)(C)C2. The molecule has 0 aromatic heterocycles. The highest BCUT2D eigenvalue weighted by Crippen LogP contribution is 2.55. The van der Waals surface area contributed by atoms with Crippen LogP contribution < -0.4 is 4.74 Å². The van der Waals surface area contributed by atoms with Crippen LogP contribution in [0.25, 0.3) is 0 Å². The summed E-state index contributed by atoms with van der Waals surface area (Å²) in [4.78, 5) is 29.8. The fraction of sp³-hybridized carbons (Fsp3) is 0.625. The largest absolute Gasteiger partial charge is 0.493 e. The molecule has 0 unspecified atom stereocenters. The normalized spacial score (nSPS) is 21.3. The number of allylic oxidation sites excluding steroid dienone is 4. The molecule has 0 radical (unpaired) electrons. The summed E-state index contributed by atoms with van der Waals surface area (Å²) in [5.41, 5.74) is 4.50. The van der Waals surface area contributed by atoms with Gasteiger partial charge in [-0.1, -0.05) is 82.7 Å². The van der Waals surface area contributed by atoms with Gasteiger partial charge in [-0.25, -0.2) is 0 Å². The summed E-state index contributed by atoms with van der Waals surface area (Å²) in [5, 5.41) is 0. The maximum absolute atomic E-state index is 13.8. The maximum Gasteiger partial charge on any atom is 0.162 e. The Morgan fingerprint density at radius 2 is 1.41 bits per heavy atom. The highest BCUT2D eigenvalue weighted by Gasteiger charge is 2.48. The fourth-order valence-electron chi connectivity index (χ4n) is 6.42. The molecule has 0 atom stereocenters. The van der Waals surface area contributed by atoms with Gasteiger partial charge in [-0.05, 0) is 48.3 Å². The van der Waals surface area contributed by atoms with Crippen LogP contribution in [-0.4, -0.2) is 30.1 Å². The van der Waals surface area contributed by atoms with Crippen LogP contribution in [0.1, 0.15) is 110 Å². The first-order valence-corrected chi connectivity index (χ1v) is 14.9. The van der Waals surface area contributed by atoms with Gasteiger partial charge in [0.25, 0.3) is 0 Å². The maximum atomic E-state index is 13.8. The highest BCUT2D eigenvalue weighted by molar-refractivity contribution is 9.10. The Hall–Kier alpha value is -1.88. The third-order valence-electron chi connectivity index (χ3n) is 8.22. The lowest BCUT2D eigenvalue weighted by atomic mass is 9.63. The number of hydrogen-bond acceptors (Lipinski definition) is 4. The van der Waals surface area contributed by atoms with Gasteiger partial charge in [0.15, 0.2) is 11.6 Å². The van der Waals surface area contributed by atoms with Crippen LogP contribution in [0, 0.1) is 10.8 Å². The van der Waals surface area contributed by atoms with Crippen LogP contribution in [0.15, 0.2) is 45.2 Å². The van der Waals surface area contributed by atoms with E-state index in [1.54, 1.807) is 0 Å². The molecule has 3 aliphatic rings. The van der Waals surface area contributed by atoms with Crippen LogP contribution in [0.4, 0.5) is 0 Å². The highest BCUT2D eigenvalue weighted by atomic mass is 79.9. The average Bonchev–Trinajstić information content (AvgIpc) is 2.79. The Balaban J connectivity index is 1.75. The Labute approximate surface area is 232 Å². The zero-order valence-corrected chi connectivity index (χ0v) is 25.2. The molecular formula is C32H44BrNO3. The van der Waals surface area contributed by atoms with Crippen molar-refractivity contribution in [1.29, 1.82) is 0 Å². The number of unbranched alkanes of at least 4 members (excludes halogenated alkanes) is 5. The number of carbonyl (C=O) groups is 2. The molecule has 202 valence electrons. The van der Waals surface area contributed by atoms with Crippen molar-refractivity contribution in [1.82, 2.24) is 4.90 Å². The van der Waals surface area contributed by atoms with E-state index in [2.05, 4.69) is 68.6 Å². The summed E-state index contributed by atoms with van der Waals surface area (Å²) in [7, 11) is 2.06. The minimum atomic E-state index is -0.370. The van der Waals surface area contributed by atoms with Crippen LogP contribution in [0.2, 0.25) is 0 Å². The third-order valence-corrected chi connectivity index (χ3v) is 8.71. The molecule has 0 N–H and O–H groups in total. The van der Waals surface area contributed by atoms with Gasteiger partial charge in [0, 0.05) is 58.4 Å². The smallest absolute Gasteiger partial charge is 0.162 e.